The molecule has 0 aliphatic heterocycles. The van der Waals surface area contributed by atoms with Crippen LogP contribution in [0.2, 0.25) is 0 Å². The summed E-state index contributed by atoms with van der Waals surface area (Å²) in [5, 5.41) is 3.57. The Hall–Kier alpha value is -2.21. The van der Waals surface area contributed by atoms with Crippen molar-refractivity contribution in [2.24, 2.45) is 0 Å². The zero-order valence-corrected chi connectivity index (χ0v) is 13.1. The molecule has 0 radical (unpaired) electrons. The number of carbonyl (C=O) groups is 1. The average molecular weight is 312 g/mol. The van der Waals surface area contributed by atoms with Crippen LogP contribution in [0.1, 0.15) is 39.5 Å². The van der Waals surface area contributed by atoms with Crippen LogP contribution in [-0.4, -0.2) is 20.3 Å². The van der Waals surface area contributed by atoms with Crippen LogP contribution in [0.4, 0.5) is 5.13 Å². The van der Waals surface area contributed by atoms with Crippen molar-refractivity contribution in [2.75, 3.05) is 5.32 Å². The summed E-state index contributed by atoms with van der Waals surface area (Å²) in [6.07, 6.45) is 8.17. The van der Waals surface area contributed by atoms with E-state index in [1.807, 2.05) is 29.7 Å². The van der Waals surface area contributed by atoms with Crippen molar-refractivity contribution in [1.29, 1.82) is 0 Å². The SMILES string of the molecule is Cc1ccn2cc(C(=O)Nc3nc4c(s3)CCCC4)nc2c1. The van der Waals surface area contributed by atoms with Gasteiger partial charge in [-0.15, -0.1) is 11.3 Å². The van der Waals surface area contributed by atoms with Gasteiger partial charge in [0.05, 0.1) is 5.69 Å². The van der Waals surface area contributed by atoms with Gasteiger partial charge < -0.3 is 4.40 Å². The number of rotatable bonds is 2. The highest BCUT2D eigenvalue weighted by atomic mass is 32.1. The van der Waals surface area contributed by atoms with E-state index in [0.29, 0.717) is 10.8 Å². The number of nitrogens with zero attached hydrogens (tertiary/aromatic N) is 3. The highest BCUT2D eigenvalue weighted by Gasteiger charge is 2.18. The van der Waals surface area contributed by atoms with E-state index >= 15 is 0 Å². The third kappa shape index (κ3) is 2.39. The first-order valence-electron chi connectivity index (χ1n) is 7.44. The Bertz CT molecular complexity index is 841. The molecule has 5 nitrogen and oxygen atoms in total. The van der Waals surface area contributed by atoms with E-state index in [1.54, 1.807) is 17.5 Å². The molecule has 0 atom stereocenters. The zero-order valence-electron chi connectivity index (χ0n) is 12.3. The van der Waals surface area contributed by atoms with E-state index in [0.717, 1.165) is 29.7 Å². The van der Waals surface area contributed by atoms with Gasteiger partial charge in [0, 0.05) is 17.3 Å². The van der Waals surface area contributed by atoms with Gasteiger partial charge in [-0.05, 0) is 50.3 Å². The zero-order chi connectivity index (χ0) is 15.1. The van der Waals surface area contributed by atoms with Crippen LogP contribution in [0.3, 0.4) is 0 Å². The molecule has 1 aliphatic rings. The number of aryl methyl sites for hydroxylation is 3. The maximum Gasteiger partial charge on any atom is 0.277 e. The highest BCUT2D eigenvalue weighted by molar-refractivity contribution is 7.15. The normalized spacial score (nSPS) is 14.0. The molecule has 112 valence electrons. The number of amides is 1. The van der Waals surface area contributed by atoms with Gasteiger partial charge in [0.1, 0.15) is 11.3 Å². The first kappa shape index (κ1) is 13.5. The number of hydrogen-bond donors (Lipinski definition) is 1. The summed E-state index contributed by atoms with van der Waals surface area (Å²) in [6.45, 7) is 2.01. The van der Waals surface area contributed by atoms with Crippen molar-refractivity contribution in [3.63, 3.8) is 0 Å². The molecule has 1 aliphatic carbocycles. The van der Waals surface area contributed by atoms with Gasteiger partial charge in [0.25, 0.3) is 5.91 Å². The van der Waals surface area contributed by atoms with Crippen LogP contribution in [0.15, 0.2) is 24.5 Å². The van der Waals surface area contributed by atoms with Gasteiger partial charge in [-0.2, -0.15) is 0 Å². The fourth-order valence-corrected chi connectivity index (χ4v) is 3.80. The van der Waals surface area contributed by atoms with Crippen molar-refractivity contribution in [2.45, 2.75) is 32.6 Å². The lowest BCUT2D eigenvalue weighted by atomic mass is 10.0. The first-order chi connectivity index (χ1) is 10.7. The van der Waals surface area contributed by atoms with Crippen LogP contribution in [0.25, 0.3) is 5.65 Å². The molecule has 3 aromatic rings. The molecule has 3 aromatic heterocycles. The lowest BCUT2D eigenvalue weighted by Crippen LogP contribution is -2.12. The number of imidazole rings is 1. The van der Waals surface area contributed by atoms with E-state index in [9.17, 15) is 4.79 Å². The molecule has 0 spiro atoms. The van der Waals surface area contributed by atoms with Crippen LogP contribution in [0, 0.1) is 6.92 Å². The quantitative estimate of drug-likeness (QED) is 0.790. The van der Waals surface area contributed by atoms with Gasteiger partial charge in [0.15, 0.2) is 5.13 Å². The Kier molecular flexibility index (Phi) is 3.18. The average Bonchev–Trinajstić information content (AvgIpc) is 3.09. The topological polar surface area (TPSA) is 59.3 Å². The Balaban J connectivity index is 1.59. The Morgan fingerprint density at radius 2 is 2.18 bits per heavy atom. The van der Waals surface area contributed by atoms with Gasteiger partial charge >= 0.3 is 0 Å². The number of carbonyl (C=O) groups excluding carboxylic acids is 1. The smallest absolute Gasteiger partial charge is 0.277 e. The fraction of sp³-hybridized carbons (Fsp3) is 0.312. The number of thiazole rings is 1. The Labute approximate surface area is 132 Å². The molecule has 0 unspecified atom stereocenters. The maximum atomic E-state index is 12.4. The van der Waals surface area contributed by atoms with E-state index in [-0.39, 0.29) is 5.91 Å². The van der Waals surface area contributed by atoms with Crippen molar-refractivity contribution in [1.82, 2.24) is 14.4 Å². The predicted octanol–water partition coefficient (Wildman–Crippen LogP) is 3.23. The van der Waals surface area contributed by atoms with E-state index < -0.39 is 0 Å². The molecular formula is C16H16N4OS. The molecule has 0 saturated heterocycles. The molecule has 1 N–H and O–H groups in total. The van der Waals surface area contributed by atoms with Crippen LogP contribution < -0.4 is 5.32 Å². The molecule has 22 heavy (non-hydrogen) atoms. The monoisotopic (exact) mass is 312 g/mol. The standard InChI is InChI=1S/C16H16N4OS/c1-10-6-7-20-9-12(17-14(20)8-10)15(21)19-16-18-11-4-2-3-5-13(11)22-16/h6-9H,2-5H2,1H3,(H,18,19,21). The molecule has 0 saturated carbocycles. The van der Waals surface area contributed by atoms with Crippen molar-refractivity contribution in [3.8, 4) is 0 Å². The largest absolute Gasteiger partial charge is 0.306 e. The van der Waals surface area contributed by atoms with Crippen LogP contribution >= 0.6 is 11.3 Å². The summed E-state index contributed by atoms with van der Waals surface area (Å²) >= 11 is 1.59. The first-order valence-corrected chi connectivity index (χ1v) is 8.26. The third-order valence-electron chi connectivity index (χ3n) is 3.91. The summed E-state index contributed by atoms with van der Waals surface area (Å²) < 4.78 is 1.86. The van der Waals surface area contributed by atoms with Gasteiger partial charge in [-0.1, -0.05) is 0 Å². The Morgan fingerprint density at radius 1 is 1.32 bits per heavy atom. The summed E-state index contributed by atoms with van der Waals surface area (Å²) in [7, 11) is 0. The van der Waals surface area contributed by atoms with Crippen molar-refractivity contribution >= 4 is 28.0 Å². The minimum Gasteiger partial charge on any atom is -0.306 e. The van der Waals surface area contributed by atoms with E-state index in [2.05, 4.69) is 15.3 Å². The summed E-state index contributed by atoms with van der Waals surface area (Å²) in [6, 6.07) is 3.95. The summed E-state index contributed by atoms with van der Waals surface area (Å²) in [4.78, 5) is 22.6. The third-order valence-corrected chi connectivity index (χ3v) is 4.99. The minimum absolute atomic E-state index is 0.201. The molecule has 3 heterocycles. The molecule has 0 bridgehead atoms. The van der Waals surface area contributed by atoms with Gasteiger partial charge in [-0.25, -0.2) is 9.97 Å². The number of fused-ring (bicyclic) bond motifs is 2. The number of pyridine rings is 1. The fourth-order valence-electron chi connectivity index (χ4n) is 2.76. The second-order valence-corrected chi connectivity index (χ2v) is 6.73. The number of hydrogen-bond acceptors (Lipinski definition) is 4. The maximum absolute atomic E-state index is 12.4. The molecule has 1 amide bonds. The molecular weight excluding hydrogens is 296 g/mol. The number of nitrogens with one attached hydrogen (secondary N) is 1. The molecule has 6 heteroatoms. The summed E-state index contributed by atoms with van der Waals surface area (Å²) in [5.74, 6) is -0.201. The molecule has 0 fully saturated rings. The molecule has 4 rings (SSSR count). The van der Waals surface area contributed by atoms with Crippen molar-refractivity contribution in [3.05, 3.63) is 46.4 Å². The van der Waals surface area contributed by atoms with Gasteiger partial charge in [0.2, 0.25) is 0 Å². The Morgan fingerprint density at radius 3 is 3.05 bits per heavy atom. The lowest BCUT2D eigenvalue weighted by Gasteiger charge is -2.06. The van der Waals surface area contributed by atoms with Gasteiger partial charge in [-0.3, -0.25) is 10.1 Å². The predicted molar refractivity (Wildman–Crippen MR) is 86.6 cm³/mol. The summed E-state index contributed by atoms with van der Waals surface area (Å²) in [5.41, 5.74) is 3.47. The second kappa shape index (κ2) is 5.21. The van der Waals surface area contributed by atoms with Crippen LogP contribution in [-0.2, 0) is 12.8 Å². The van der Waals surface area contributed by atoms with E-state index in [4.69, 9.17) is 0 Å². The van der Waals surface area contributed by atoms with Crippen molar-refractivity contribution < 1.29 is 4.79 Å². The molecule has 0 aromatic carbocycles. The number of aromatic nitrogens is 3. The van der Waals surface area contributed by atoms with Crippen LogP contribution in [0.5, 0.6) is 0 Å². The second-order valence-electron chi connectivity index (χ2n) is 5.65. The lowest BCUT2D eigenvalue weighted by molar-refractivity contribution is 0.102. The van der Waals surface area contributed by atoms with E-state index in [1.165, 1.54) is 17.7 Å². The minimum atomic E-state index is -0.201. The number of anilines is 1. The highest BCUT2D eigenvalue weighted by Crippen LogP contribution is 2.29.